The molecule has 0 aromatic carbocycles. The summed E-state index contributed by atoms with van der Waals surface area (Å²) in [4.78, 5) is 2.25. The number of nitrogens with zero attached hydrogens (tertiary/aromatic N) is 2. The van der Waals surface area contributed by atoms with Crippen LogP contribution in [0.4, 0.5) is 0 Å². The maximum Gasteiger partial charge on any atom is 0.211 e. The molecule has 2 unspecified atom stereocenters. The number of hydrogen-bond acceptors (Lipinski definition) is 4. The quantitative estimate of drug-likeness (QED) is 0.778. The van der Waals surface area contributed by atoms with Crippen molar-refractivity contribution in [3.05, 3.63) is 0 Å². The minimum absolute atomic E-state index is 0.0152. The first-order valence-electron chi connectivity index (χ1n) is 6.59. The number of piperazine rings is 1. The highest BCUT2D eigenvalue weighted by Crippen LogP contribution is 2.40. The highest BCUT2D eigenvalue weighted by Gasteiger charge is 2.44. The summed E-state index contributed by atoms with van der Waals surface area (Å²) in [5.41, 5.74) is -0.0152. The van der Waals surface area contributed by atoms with E-state index in [9.17, 15) is 13.5 Å². The van der Waals surface area contributed by atoms with Crippen molar-refractivity contribution in [2.24, 2.45) is 5.41 Å². The molecule has 0 spiro atoms. The molecule has 1 aliphatic heterocycles. The Balaban J connectivity index is 1.95. The van der Waals surface area contributed by atoms with Crippen LogP contribution in [0.1, 0.15) is 26.7 Å². The SMILES string of the molecule is CC1(C)CCC(N2CCN(S(C)(=O)=O)CC2)C1O. The zero-order valence-electron chi connectivity index (χ0n) is 11.5. The Morgan fingerprint density at radius 2 is 1.72 bits per heavy atom. The molecule has 2 fully saturated rings. The minimum atomic E-state index is -3.07. The smallest absolute Gasteiger partial charge is 0.211 e. The highest BCUT2D eigenvalue weighted by atomic mass is 32.2. The predicted molar refractivity (Wildman–Crippen MR) is 70.8 cm³/mol. The molecule has 5 nitrogen and oxygen atoms in total. The highest BCUT2D eigenvalue weighted by molar-refractivity contribution is 7.88. The molecule has 1 saturated carbocycles. The van der Waals surface area contributed by atoms with E-state index in [-0.39, 0.29) is 17.6 Å². The molecular formula is C12H24N2O3S. The third kappa shape index (κ3) is 2.71. The van der Waals surface area contributed by atoms with Crippen molar-refractivity contribution < 1.29 is 13.5 Å². The van der Waals surface area contributed by atoms with E-state index in [1.165, 1.54) is 10.6 Å². The zero-order chi connectivity index (χ0) is 13.6. The summed E-state index contributed by atoms with van der Waals surface area (Å²) in [6, 6.07) is 0.196. The lowest BCUT2D eigenvalue weighted by Gasteiger charge is -2.39. The Morgan fingerprint density at radius 1 is 1.17 bits per heavy atom. The van der Waals surface area contributed by atoms with Crippen LogP contribution in [0.2, 0.25) is 0 Å². The summed E-state index contributed by atoms with van der Waals surface area (Å²) in [6.07, 6.45) is 3.00. The topological polar surface area (TPSA) is 60.9 Å². The fourth-order valence-electron chi connectivity index (χ4n) is 3.10. The van der Waals surface area contributed by atoms with Crippen LogP contribution in [0, 0.1) is 5.41 Å². The number of aliphatic hydroxyl groups excluding tert-OH is 1. The van der Waals surface area contributed by atoms with Gasteiger partial charge in [-0.1, -0.05) is 13.8 Å². The van der Waals surface area contributed by atoms with Crippen LogP contribution >= 0.6 is 0 Å². The molecule has 1 heterocycles. The number of sulfonamides is 1. The zero-order valence-corrected chi connectivity index (χ0v) is 12.3. The van der Waals surface area contributed by atoms with Gasteiger partial charge in [-0.3, -0.25) is 4.90 Å². The average Bonchev–Trinajstić information content (AvgIpc) is 2.53. The standard InChI is InChI=1S/C12H24N2O3S/c1-12(2)5-4-10(11(12)15)13-6-8-14(9-7-13)18(3,16)17/h10-11,15H,4-9H2,1-3H3. The van der Waals surface area contributed by atoms with Crippen molar-refractivity contribution in [1.82, 2.24) is 9.21 Å². The van der Waals surface area contributed by atoms with E-state index in [2.05, 4.69) is 18.7 Å². The normalized spacial score (nSPS) is 34.9. The van der Waals surface area contributed by atoms with Gasteiger partial charge in [0.2, 0.25) is 10.0 Å². The van der Waals surface area contributed by atoms with Crippen LogP contribution in [0.5, 0.6) is 0 Å². The monoisotopic (exact) mass is 276 g/mol. The van der Waals surface area contributed by atoms with Gasteiger partial charge >= 0.3 is 0 Å². The molecule has 1 saturated heterocycles. The van der Waals surface area contributed by atoms with Crippen LogP contribution in [-0.2, 0) is 10.0 Å². The Bertz CT molecular complexity index is 400. The molecule has 6 heteroatoms. The lowest BCUT2D eigenvalue weighted by Crippen LogP contribution is -2.54. The summed E-state index contributed by atoms with van der Waals surface area (Å²) < 4.78 is 24.4. The molecule has 0 aromatic heterocycles. The van der Waals surface area contributed by atoms with Gasteiger partial charge in [-0.25, -0.2) is 8.42 Å². The first-order valence-corrected chi connectivity index (χ1v) is 8.44. The molecule has 1 N–H and O–H groups in total. The van der Waals surface area contributed by atoms with Crippen LogP contribution in [0.3, 0.4) is 0 Å². The Hall–Kier alpha value is -0.170. The number of hydrogen-bond donors (Lipinski definition) is 1. The molecule has 0 aromatic rings. The lowest BCUT2D eigenvalue weighted by molar-refractivity contribution is 0.00476. The summed E-state index contributed by atoms with van der Waals surface area (Å²) in [5, 5.41) is 10.3. The molecule has 0 bridgehead atoms. The van der Waals surface area contributed by atoms with E-state index >= 15 is 0 Å². The maximum absolute atomic E-state index is 11.4. The minimum Gasteiger partial charge on any atom is -0.391 e. The molecule has 106 valence electrons. The van der Waals surface area contributed by atoms with Crippen molar-refractivity contribution in [3.63, 3.8) is 0 Å². The molecule has 2 rings (SSSR count). The van der Waals surface area contributed by atoms with Crippen LogP contribution in [0.25, 0.3) is 0 Å². The largest absolute Gasteiger partial charge is 0.391 e. The van der Waals surface area contributed by atoms with Gasteiger partial charge in [0.05, 0.1) is 12.4 Å². The van der Waals surface area contributed by atoms with Gasteiger partial charge in [0, 0.05) is 32.2 Å². The summed E-state index contributed by atoms with van der Waals surface area (Å²) in [5.74, 6) is 0. The molecule has 2 aliphatic rings. The van der Waals surface area contributed by atoms with Crippen molar-refractivity contribution in [2.45, 2.75) is 38.8 Å². The third-order valence-electron chi connectivity index (χ3n) is 4.46. The second kappa shape index (κ2) is 4.74. The van der Waals surface area contributed by atoms with E-state index in [1.54, 1.807) is 0 Å². The van der Waals surface area contributed by atoms with Crippen molar-refractivity contribution in [3.8, 4) is 0 Å². The molecule has 2 atom stereocenters. The Kier molecular flexibility index (Phi) is 3.75. The molecule has 18 heavy (non-hydrogen) atoms. The summed E-state index contributed by atoms with van der Waals surface area (Å²) >= 11 is 0. The Labute approximate surface area is 110 Å². The second-order valence-corrected chi connectivity index (χ2v) is 8.22. The van der Waals surface area contributed by atoms with Gasteiger partial charge in [0.15, 0.2) is 0 Å². The second-order valence-electron chi connectivity index (χ2n) is 6.24. The third-order valence-corrected chi connectivity index (χ3v) is 5.76. The van der Waals surface area contributed by atoms with Crippen LogP contribution < -0.4 is 0 Å². The van der Waals surface area contributed by atoms with Crippen molar-refractivity contribution in [1.29, 1.82) is 0 Å². The van der Waals surface area contributed by atoms with Crippen molar-refractivity contribution >= 4 is 10.0 Å². The van der Waals surface area contributed by atoms with E-state index in [0.717, 1.165) is 25.9 Å². The first-order chi connectivity index (χ1) is 8.22. The number of rotatable bonds is 2. The lowest BCUT2D eigenvalue weighted by atomic mass is 9.88. The fraction of sp³-hybridized carbons (Fsp3) is 1.00. The summed E-state index contributed by atoms with van der Waals surface area (Å²) in [7, 11) is -3.07. The Morgan fingerprint density at radius 3 is 2.11 bits per heavy atom. The fourth-order valence-corrected chi connectivity index (χ4v) is 3.92. The molecule has 0 radical (unpaired) electrons. The predicted octanol–water partition coefficient (Wildman–Crippen LogP) is 0.113. The van der Waals surface area contributed by atoms with E-state index in [1.807, 2.05) is 0 Å². The average molecular weight is 276 g/mol. The van der Waals surface area contributed by atoms with E-state index in [4.69, 9.17) is 0 Å². The summed E-state index contributed by atoms with van der Waals surface area (Å²) in [6.45, 7) is 6.75. The van der Waals surface area contributed by atoms with Gasteiger partial charge in [-0.2, -0.15) is 4.31 Å². The molecular weight excluding hydrogens is 252 g/mol. The van der Waals surface area contributed by atoms with Crippen LogP contribution in [0.15, 0.2) is 0 Å². The first kappa shape index (κ1) is 14.2. The van der Waals surface area contributed by atoms with Gasteiger partial charge in [-0.05, 0) is 18.3 Å². The van der Waals surface area contributed by atoms with Crippen molar-refractivity contribution in [2.75, 3.05) is 32.4 Å². The van der Waals surface area contributed by atoms with Gasteiger partial charge < -0.3 is 5.11 Å². The van der Waals surface area contributed by atoms with Gasteiger partial charge in [0.1, 0.15) is 0 Å². The molecule has 0 amide bonds. The van der Waals surface area contributed by atoms with Crippen LogP contribution in [-0.4, -0.2) is 67.3 Å². The van der Waals surface area contributed by atoms with Gasteiger partial charge in [0.25, 0.3) is 0 Å². The number of aliphatic hydroxyl groups is 1. The van der Waals surface area contributed by atoms with E-state index in [0.29, 0.717) is 13.1 Å². The molecule has 1 aliphatic carbocycles. The van der Waals surface area contributed by atoms with Gasteiger partial charge in [-0.15, -0.1) is 0 Å². The maximum atomic E-state index is 11.4. The van der Waals surface area contributed by atoms with E-state index < -0.39 is 10.0 Å².